The van der Waals surface area contributed by atoms with E-state index in [2.05, 4.69) is 25.3 Å². The van der Waals surface area contributed by atoms with E-state index in [4.69, 9.17) is 26.5 Å². The van der Waals surface area contributed by atoms with E-state index < -0.39 is 29.9 Å². The Morgan fingerprint density at radius 2 is 2.06 bits per heavy atom. The molecule has 1 fully saturated rings. The van der Waals surface area contributed by atoms with Gasteiger partial charge < -0.3 is 20.2 Å². The van der Waals surface area contributed by atoms with Crippen LogP contribution in [0.15, 0.2) is 52.7 Å². The van der Waals surface area contributed by atoms with E-state index in [0.717, 1.165) is 5.69 Å². The van der Waals surface area contributed by atoms with E-state index in [0.29, 0.717) is 25.0 Å². The number of halogens is 3. The molecule has 3 atom stereocenters. The molecule has 5 rings (SSSR count). The molecular weight excluding hydrogens is 470 g/mol. The monoisotopic (exact) mass is 488 g/mol. The molecule has 3 N–H and O–H groups in total. The Hall–Kier alpha value is -3.60. The van der Waals surface area contributed by atoms with Crippen LogP contribution >= 0.6 is 11.6 Å². The first-order valence-corrected chi connectivity index (χ1v) is 10.8. The Morgan fingerprint density at radius 3 is 2.76 bits per heavy atom. The van der Waals surface area contributed by atoms with E-state index >= 15 is 0 Å². The van der Waals surface area contributed by atoms with Gasteiger partial charge in [0.2, 0.25) is 0 Å². The third-order valence-electron chi connectivity index (χ3n) is 5.91. The largest absolute Gasteiger partial charge is 0.462 e. The standard InChI is InChI=1S/C22H19ClF2N6O3/c23-16-4-3-11(5-14(16)22(20(24)25)15-6-18(15)34-21(26)31-22)30-19(32)17-8-27-12(7-28-17)1-2-13-9-33-10-29-13/h3-5,7-10,15,18,20H,1-2,6H2,(H2,26,31)(H,30,32)/t15?,18-,22-/m1/s1. The molecule has 0 radical (unpaired) electrons. The summed E-state index contributed by atoms with van der Waals surface area (Å²) in [5.41, 5.74) is 5.61. The van der Waals surface area contributed by atoms with Gasteiger partial charge in [0.1, 0.15) is 18.1 Å². The molecule has 1 aromatic carbocycles. The lowest BCUT2D eigenvalue weighted by atomic mass is 9.84. The Balaban J connectivity index is 1.34. The van der Waals surface area contributed by atoms with Crippen LogP contribution in [0.2, 0.25) is 5.02 Å². The first-order chi connectivity index (χ1) is 16.4. The van der Waals surface area contributed by atoms with Crippen molar-refractivity contribution < 1.29 is 22.7 Å². The SMILES string of the molecule is NC1=N[C@@](c2cc(NC(=O)c3cnc(CCc4cocn4)cn3)ccc2Cl)(C(F)F)C2C[C@H]2O1. The predicted molar refractivity (Wildman–Crippen MR) is 118 cm³/mol. The third-order valence-corrected chi connectivity index (χ3v) is 6.24. The molecular formula is C22H19ClF2N6O3. The van der Waals surface area contributed by atoms with Crippen molar-refractivity contribution in [2.24, 2.45) is 16.6 Å². The maximum absolute atomic E-state index is 14.3. The number of anilines is 1. The first kappa shape index (κ1) is 22.2. The summed E-state index contributed by atoms with van der Waals surface area (Å²) in [5.74, 6) is -1.10. The number of aromatic nitrogens is 3. The Morgan fingerprint density at radius 1 is 1.24 bits per heavy atom. The average molecular weight is 489 g/mol. The number of ether oxygens (including phenoxy) is 1. The van der Waals surface area contributed by atoms with Crippen LogP contribution in [0.4, 0.5) is 14.5 Å². The molecule has 2 aromatic heterocycles. The van der Waals surface area contributed by atoms with E-state index in [1.165, 1.54) is 37.0 Å². The van der Waals surface area contributed by atoms with Gasteiger partial charge in [-0.05, 0) is 37.5 Å². The molecule has 1 aliphatic carbocycles. The van der Waals surface area contributed by atoms with E-state index in [1.807, 2.05) is 0 Å². The average Bonchev–Trinajstić information content (AvgIpc) is 3.41. The number of aliphatic imine (C=N–C) groups is 1. The van der Waals surface area contributed by atoms with Crippen molar-refractivity contribution in [2.45, 2.75) is 37.3 Å². The van der Waals surface area contributed by atoms with Gasteiger partial charge in [-0.25, -0.2) is 23.7 Å². The number of fused-ring (bicyclic) bond motifs is 1. The minimum Gasteiger partial charge on any atom is -0.462 e. The number of nitrogens with one attached hydrogen (secondary N) is 1. The maximum atomic E-state index is 14.3. The fraction of sp³-hybridized carbons (Fsp3) is 0.318. The number of rotatable bonds is 7. The van der Waals surface area contributed by atoms with Gasteiger partial charge in [-0.15, -0.1) is 0 Å². The van der Waals surface area contributed by atoms with Gasteiger partial charge in [-0.1, -0.05) is 11.6 Å². The highest BCUT2D eigenvalue weighted by molar-refractivity contribution is 6.31. The fourth-order valence-corrected chi connectivity index (χ4v) is 4.39. The number of alkyl halides is 2. The maximum Gasteiger partial charge on any atom is 0.283 e. The molecule has 0 bridgehead atoms. The predicted octanol–water partition coefficient (Wildman–Crippen LogP) is 3.35. The first-order valence-electron chi connectivity index (χ1n) is 10.5. The number of amides is 1. The topological polar surface area (TPSA) is 129 Å². The second-order valence-corrected chi connectivity index (χ2v) is 8.50. The van der Waals surface area contributed by atoms with Crippen molar-refractivity contribution in [1.29, 1.82) is 0 Å². The van der Waals surface area contributed by atoms with Crippen LogP contribution in [-0.2, 0) is 23.1 Å². The Bertz CT molecular complexity index is 1240. The van der Waals surface area contributed by atoms with Crippen LogP contribution < -0.4 is 11.1 Å². The number of hydrogen-bond donors (Lipinski definition) is 2. The molecule has 0 spiro atoms. The lowest BCUT2D eigenvalue weighted by Gasteiger charge is -2.33. The van der Waals surface area contributed by atoms with E-state index in [1.54, 1.807) is 6.26 Å². The van der Waals surface area contributed by atoms with Gasteiger partial charge in [0, 0.05) is 28.4 Å². The van der Waals surface area contributed by atoms with Crippen molar-refractivity contribution in [3.63, 3.8) is 0 Å². The summed E-state index contributed by atoms with van der Waals surface area (Å²) >= 11 is 6.30. The summed E-state index contributed by atoms with van der Waals surface area (Å²) in [5, 5.41) is 2.75. The summed E-state index contributed by atoms with van der Waals surface area (Å²) < 4.78 is 38.9. The second-order valence-electron chi connectivity index (χ2n) is 8.10. The summed E-state index contributed by atoms with van der Waals surface area (Å²) in [6, 6.07) is 4.04. The van der Waals surface area contributed by atoms with Gasteiger partial charge in [-0.3, -0.25) is 9.78 Å². The summed E-state index contributed by atoms with van der Waals surface area (Å²) in [7, 11) is 0. The fourth-order valence-electron chi connectivity index (χ4n) is 4.12. The number of nitrogens with two attached hydrogens (primary N) is 1. The van der Waals surface area contributed by atoms with Crippen molar-refractivity contribution >= 4 is 29.2 Å². The second kappa shape index (κ2) is 8.64. The minimum absolute atomic E-state index is 0.0702. The van der Waals surface area contributed by atoms with Gasteiger partial charge >= 0.3 is 0 Å². The van der Waals surface area contributed by atoms with Crippen LogP contribution in [0.3, 0.4) is 0 Å². The number of hydrogen-bond acceptors (Lipinski definition) is 8. The van der Waals surface area contributed by atoms with Crippen molar-refractivity contribution in [1.82, 2.24) is 15.0 Å². The number of carbonyl (C=O) groups excluding carboxylic acids is 1. The summed E-state index contributed by atoms with van der Waals surface area (Å²) in [6.07, 6.45) is 4.04. The smallest absolute Gasteiger partial charge is 0.283 e. The van der Waals surface area contributed by atoms with Gasteiger partial charge in [0.15, 0.2) is 11.9 Å². The van der Waals surface area contributed by atoms with Crippen molar-refractivity contribution in [3.05, 3.63) is 70.9 Å². The highest BCUT2D eigenvalue weighted by Gasteiger charge is 2.64. The summed E-state index contributed by atoms with van der Waals surface area (Å²) in [6.45, 7) is 0. The molecule has 2 aliphatic rings. The van der Waals surface area contributed by atoms with Crippen LogP contribution in [0.5, 0.6) is 0 Å². The van der Waals surface area contributed by atoms with Crippen LogP contribution in [0, 0.1) is 5.92 Å². The van der Waals surface area contributed by atoms with Crippen molar-refractivity contribution in [3.8, 4) is 0 Å². The number of nitrogens with zero attached hydrogens (tertiary/aromatic N) is 4. The molecule has 9 nitrogen and oxygen atoms in total. The van der Waals surface area contributed by atoms with Gasteiger partial charge in [-0.2, -0.15) is 0 Å². The lowest BCUT2D eigenvalue weighted by molar-refractivity contribution is 0.0197. The molecule has 176 valence electrons. The normalized spacial score (nSPS) is 23.1. The van der Waals surface area contributed by atoms with Gasteiger partial charge in [0.25, 0.3) is 18.4 Å². The number of amidine groups is 1. The molecule has 12 heteroatoms. The zero-order valence-electron chi connectivity index (χ0n) is 17.6. The van der Waals surface area contributed by atoms with Crippen LogP contribution in [-0.4, -0.2) is 39.4 Å². The highest BCUT2D eigenvalue weighted by Crippen LogP contribution is 2.57. The minimum atomic E-state index is -2.87. The number of oxazole rings is 1. The summed E-state index contributed by atoms with van der Waals surface area (Å²) in [4.78, 5) is 29.1. The molecule has 1 aliphatic heterocycles. The number of aryl methyl sites for hydroxylation is 2. The molecule has 0 saturated heterocycles. The van der Waals surface area contributed by atoms with Crippen molar-refractivity contribution in [2.75, 3.05) is 5.32 Å². The highest BCUT2D eigenvalue weighted by atomic mass is 35.5. The molecule has 1 saturated carbocycles. The zero-order chi connectivity index (χ0) is 23.9. The molecule has 3 aromatic rings. The van der Waals surface area contributed by atoms with Crippen LogP contribution in [0.25, 0.3) is 0 Å². The molecule has 3 heterocycles. The van der Waals surface area contributed by atoms with Gasteiger partial charge in [0.05, 0.1) is 17.6 Å². The quantitative estimate of drug-likeness (QED) is 0.521. The Labute approximate surface area is 197 Å². The number of carbonyl (C=O) groups is 1. The molecule has 34 heavy (non-hydrogen) atoms. The molecule has 1 amide bonds. The third kappa shape index (κ3) is 4.07. The number of benzene rings is 1. The lowest BCUT2D eigenvalue weighted by Crippen LogP contribution is -2.43. The van der Waals surface area contributed by atoms with E-state index in [9.17, 15) is 13.6 Å². The van der Waals surface area contributed by atoms with E-state index in [-0.39, 0.29) is 28.0 Å². The van der Waals surface area contributed by atoms with Crippen LogP contribution in [0.1, 0.15) is 33.9 Å². The zero-order valence-corrected chi connectivity index (χ0v) is 18.4. The molecule has 1 unspecified atom stereocenters. The Kier molecular flexibility index (Phi) is 5.64.